The Morgan fingerprint density at radius 2 is 2.29 bits per heavy atom. The number of halogens is 1. The van der Waals surface area contributed by atoms with E-state index in [9.17, 15) is 4.79 Å². The highest BCUT2D eigenvalue weighted by molar-refractivity contribution is 7.15. The summed E-state index contributed by atoms with van der Waals surface area (Å²) < 4.78 is 3.58. The number of thiazole rings is 1. The van der Waals surface area contributed by atoms with Crippen molar-refractivity contribution in [2.75, 3.05) is 0 Å². The van der Waals surface area contributed by atoms with Gasteiger partial charge in [-0.3, -0.25) is 9.20 Å². The fourth-order valence-corrected chi connectivity index (χ4v) is 3.38. The van der Waals surface area contributed by atoms with Gasteiger partial charge in [0.1, 0.15) is 12.2 Å². The van der Waals surface area contributed by atoms with Gasteiger partial charge in [0.15, 0.2) is 10.1 Å². The van der Waals surface area contributed by atoms with Crippen LogP contribution in [0.4, 0.5) is 0 Å². The van der Waals surface area contributed by atoms with Crippen molar-refractivity contribution in [3.63, 3.8) is 0 Å². The molecule has 9 heteroatoms. The highest BCUT2D eigenvalue weighted by Crippen LogP contribution is 2.19. The minimum atomic E-state index is -0.253. The molecule has 1 aromatic carbocycles. The lowest BCUT2D eigenvalue weighted by atomic mass is 10.3. The van der Waals surface area contributed by atoms with Crippen LogP contribution in [-0.2, 0) is 11.3 Å². The number of rotatable bonds is 4. The van der Waals surface area contributed by atoms with Crippen LogP contribution in [0.2, 0.25) is 5.15 Å². The van der Waals surface area contributed by atoms with E-state index in [2.05, 4.69) is 20.5 Å². The van der Waals surface area contributed by atoms with Crippen molar-refractivity contribution in [2.24, 2.45) is 5.10 Å². The fraction of sp³-hybridized carbons (Fsp3) is 0.0667. The molecule has 0 saturated heterocycles. The summed E-state index contributed by atoms with van der Waals surface area (Å²) >= 11 is 7.54. The number of nitrogens with zero attached hydrogens (tertiary/aromatic N) is 5. The minimum absolute atomic E-state index is 0.131. The lowest BCUT2D eigenvalue weighted by molar-refractivity contribution is -0.121. The molecule has 0 atom stereocenters. The molecule has 0 aliphatic heterocycles. The second kappa shape index (κ2) is 6.06. The Morgan fingerprint density at radius 1 is 1.42 bits per heavy atom. The largest absolute Gasteiger partial charge is 0.321 e. The smallest absolute Gasteiger partial charge is 0.260 e. The van der Waals surface area contributed by atoms with Crippen molar-refractivity contribution in [3.05, 3.63) is 53.0 Å². The van der Waals surface area contributed by atoms with Gasteiger partial charge in [-0.2, -0.15) is 5.10 Å². The summed E-state index contributed by atoms with van der Waals surface area (Å²) in [5.41, 5.74) is 4.87. The third-order valence-electron chi connectivity index (χ3n) is 3.47. The Labute approximate surface area is 145 Å². The molecule has 0 aliphatic carbocycles. The molecule has 24 heavy (non-hydrogen) atoms. The number of imidazole rings is 2. The summed E-state index contributed by atoms with van der Waals surface area (Å²) in [6.45, 7) is 0.131. The van der Waals surface area contributed by atoms with Crippen molar-refractivity contribution in [1.29, 1.82) is 0 Å². The van der Waals surface area contributed by atoms with Crippen LogP contribution in [0.15, 0.2) is 47.3 Å². The first-order valence-electron chi connectivity index (χ1n) is 7.05. The van der Waals surface area contributed by atoms with E-state index in [4.69, 9.17) is 11.6 Å². The van der Waals surface area contributed by atoms with E-state index in [0.717, 1.165) is 16.0 Å². The van der Waals surface area contributed by atoms with E-state index in [1.165, 1.54) is 17.6 Å². The number of benzene rings is 1. The van der Waals surface area contributed by atoms with E-state index in [1.54, 1.807) is 10.9 Å². The van der Waals surface area contributed by atoms with Crippen LogP contribution in [-0.4, -0.2) is 31.1 Å². The summed E-state index contributed by atoms with van der Waals surface area (Å²) in [6, 6.07) is 7.63. The summed E-state index contributed by atoms with van der Waals surface area (Å²) in [6.07, 6.45) is 4.97. The number of aromatic nitrogens is 4. The van der Waals surface area contributed by atoms with E-state index in [-0.39, 0.29) is 12.5 Å². The average Bonchev–Trinajstić information content (AvgIpc) is 3.25. The molecule has 1 N–H and O–H groups in total. The topological polar surface area (TPSA) is 76.6 Å². The maximum absolute atomic E-state index is 12.1. The predicted molar refractivity (Wildman–Crippen MR) is 93.5 cm³/mol. The molecule has 0 unspecified atom stereocenters. The Bertz CT molecular complexity index is 1060. The number of hydrogen-bond donors (Lipinski definition) is 1. The van der Waals surface area contributed by atoms with Crippen LogP contribution in [0.25, 0.3) is 16.0 Å². The van der Waals surface area contributed by atoms with Gasteiger partial charge in [0.2, 0.25) is 0 Å². The van der Waals surface area contributed by atoms with Crippen molar-refractivity contribution in [2.45, 2.75) is 6.54 Å². The molecule has 0 saturated carbocycles. The molecule has 0 spiro atoms. The first-order chi connectivity index (χ1) is 11.7. The van der Waals surface area contributed by atoms with Crippen LogP contribution in [0, 0.1) is 0 Å². The second-order valence-corrected chi connectivity index (χ2v) is 6.23. The van der Waals surface area contributed by atoms with Crippen molar-refractivity contribution < 1.29 is 4.79 Å². The van der Waals surface area contributed by atoms with Gasteiger partial charge in [-0.05, 0) is 12.1 Å². The predicted octanol–water partition coefficient (Wildman–Crippen LogP) is 2.55. The van der Waals surface area contributed by atoms with E-state index < -0.39 is 0 Å². The second-order valence-electron chi connectivity index (χ2n) is 5.00. The van der Waals surface area contributed by atoms with Gasteiger partial charge >= 0.3 is 0 Å². The Morgan fingerprint density at radius 3 is 3.21 bits per heavy atom. The Hall–Kier alpha value is -2.71. The summed E-state index contributed by atoms with van der Waals surface area (Å²) in [7, 11) is 0. The SMILES string of the molecule is O=C(Cn1cnc2ccccc21)N/N=C/c1c(Cl)nc2sccn12. The molecule has 0 bridgehead atoms. The van der Waals surface area contributed by atoms with Crippen molar-refractivity contribution in [3.8, 4) is 0 Å². The molecule has 120 valence electrons. The van der Waals surface area contributed by atoms with Gasteiger partial charge in [-0.25, -0.2) is 15.4 Å². The zero-order valence-electron chi connectivity index (χ0n) is 12.3. The van der Waals surface area contributed by atoms with Gasteiger partial charge in [0.25, 0.3) is 5.91 Å². The zero-order valence-corrected chi connectivity index (χ0v) is 13.8. The zero-order chi connectivity index (χ0) is 16.5. The number of nitrogens with one attached hydrogen (secondary N) is 1. The van der Waals surface area contributed by atoms with Gasteiger partial charge in [0, 0.05) is 11.6 Å². The number of fused-ring (bicyclic) bond motifs is 2. The number of carbonyl (C=O) groups excluding carboxylic acids is 1. The van der Waals surface area contributed by atoms with Gasteiger partial charge < -0.3 is 4.57 Å². The first-order valence-corrected chi connectivity index (χ1v) is 8.31. The monoisotopic (exact) mass is 358 g/mol. The average molecular weight is 359 g/mol. The minimum Gasteiger partial charge on any atom is -0.321 e. The maximum atomic E-state index is 12.1. The quantitative estimate of drug-likeness (QED) is 0.450. The molecular formula is C15H11ClN6OS. The molecule has 7 nitrogen and oxygen atoms in total. The van der Waals surface area contributed by atoms with Gasteiger partial charge in [-0.1, -0.05) is 23.7 Å². The van der Waals surface area contributed by atoms with Crippen molar-refractivity contribution >= 4 is 51.1 Å². The first kappa shape index (κ1) is 14.9. The molecule has 3 heterocycles. The molecule has 4 rings (SSSR count). The van der Waals surface area contributed by atoms with Crippen LogP contribution in [0.5, 0.6) is 0 Å². The Balaban J connectivity index is 1.47. The van der Waals surface area contributed by atoms with E-state index >= 15 is 0 Å². The summed E-state index contributed by atoms with van der Waals surface area (Å²) in [5, 5.41) is 6.22. The van der Waals surface area contributed by atoms with E-state index in [1.807, 2.05) is 40.2 Å². The number of hydrogen-bond acceptors (Lipinski definition) is 5. The molecule has 4 aromatic rings. The van der Waals surface area contributed by atoms with Crippen LogP contribution < -0.4 is 5.43 Å². The van der Waals surface area contributed by atoms with Crippen LogP contribution in [0.3, 0.4) is 0 Å². The molecule has 0 aliphatic rings. The molecule has 0 radical (unpaired) electrons. The molecule has 1 amide bonds. The number of para-hydroxylation sites is 2. The van der Waals surface area contributed by atoms with E-state index in [0.29, 0.717) is 10.8 Å². The highest BCUT2D eigenvalue weighted by atomic mass is 35.5. The molecular weight excluding hydrogens is 348 g/mol. The highest BCUT2D eigenvalue weighted by Gasteiger charge is 2.09. The standard InChI is InChI=1S/C15H11ClN6OS/c16-14-12(22-5-6-24-15(22)19-14)7-18-20-13(23)8-21-9-17-10-3-1-2-4-11(10)21/h1-7,9H,8H2,(H,20,23)/b18-7+. The van der Waals surface area contributed by atoms with Crippen LogP contribution >= 0.6 is 22.9 Å². The number of carbonyl (C=O) groups is 1. The number of amides is 1. The maximum Gasteiger partial charge on any atom is 0.260 e. The third kappa shape index (κ3) is 2.66. The lowest BCUT2D eigenvalue weighted by Crippen LogP contribution is -2.22. The molecule has 3 aromatic heterocycles. The van der Waals surface area contributed by atoms with Crippen molar-refractivity contribution in [1.82, 2.24) is 24.4 Å². The Kier molecular flexibility index (Phi) is 3.75. The lowest BCUT2D eigenvalue weighted by Gasteiger charge is -2.02. The van der Waals surface area contributed by atoms with Crippen LogP contribution in [0.1, 0.15) is 5.69 Å². The summed E-state index contributed by atoms with van der Waals surface area (Å²) in [4.78, 5) is 21.3. The van der Waals surface area contributed by atoms with Gasteiger partial charge in [-0.15, -0.1) is 11.3 Å². The fourth-order valence-electron chi connectivity index (χ4n) is 2.38. The third-order valence-corrected chi connectivity index (χ3v) is 4.51. The molecule has 0 fully saturated rings. The summed E-state index contributed by atoms with van der Waals surface area (Å²) in [5.74, 6) is -0.253. The normalized spacial score (nSPS) is 11.7. The number of hydrazone groups is 1. The van der Waals surface area contributed by atoms with Gasteiger partial charge in [0.05, 0.1) is 23.6 Å².